The van der Waals surface area contributed by atoms with Crippen molar-refractivity contribution < 1.29 is 14.6 Å². The van der Waals surface area contributed by atoms with Crippen molar-refractivity contribution in [1.82, 2.24) is 9.88 Å². The molecule has 1 aromatic heterocycles. The molecular weight excluding hydrogens is 256 g/mol. The molecule has 106 valence electrons. The van der Waals surface area contributed by atoms with Gasteiger partial charge in [-0.3, -0.25) is 0 Å². The Labute approximate surface area is 117 Å². The van der Waals surface area contributed by atoms with E-state index in [2.05, 4.69) is 9.88 Å². The number of fused-ring (bicyclic) bond motifs is 1. The van der Waals surface area contributed by atoms with Crippen LogP contribution in [0.25, 0.3) is 10.9 Å². The summed E-state index contributed by atoms with van der Waals surface area (Å²) < 4.78 is 5.73. The van der Waals surface area contributed by atoms with Gasteiger partial charge in [-0.2, -0.15) is 0 Å². The second kappa shape index (κ2) is 6.34. The Morgan fingerprint density at radius 2 is 2.10 bits per heavy atom. The van der Waals surface area contributed by atoms with Crippen molar-refractivity contribution in [1.29, 1.82) is 0 Å². The van der Waals surface area contributed by atoms with Gasteiger partial charge >= 0.3 is 5.97 Å². The zero-order valence-corrected chi connectivity index (χ0v) is 11.7. The van der Waals surface area contributed by atoms with Gasteiger partial charge in [-0.05, 0) is 32.6 Å². The molecule has 1 N–H and O–H groups in total. The molecule has 0 amide bonds. The van der Waals surface area contributed by atoms with E-state index in [4.69, 9.17) is 9.84 Å². The van der Waals surface area contributed by atoms with Gasteiger partial charge in [0.2, 0.25) is 0 Å². The second-order valence-electron chi connectivity index (χ2n) is 4.83. The lowest BCUT2D eigenvalue weighted by atomic mass is 10.2. The molecule has 2 rings (SSSR count). The molecule has 2 aromatic rings. The summed E-state index contributed by atoms with van der Waals surface area (Å²) in [5.74, 6) is -0.472. The molecule has 0 radical (unpaired) electrons. The molecule has 0 aliphatic rings. The summed E-state index contributed by atoms with van der Waals surface area (Å²) in [7, 11) is 4.01. The fourth-order valence-corrected chi connectivity index (χ4v) is 1.94. The number of pyridine rings is 1. The lowest BCUT2D eigenvalue weighted by Gasteiger charge is -2.12. The first kappa shape index (κ1) is 14.3. The largest absolute Gasteiger partial charge is 0.493 e. The number of carbonyl (C=O) groups is 1. The Morgan fingerprint density at radius 1 is 1.35 bits per heavy atom. The zero-order chi connectivity index (χ0) is 14.5. The quantitative estimate of drug-likeness (QED) is 0.819. The summed E-state index contributed by atoms with van der Waals surface area (Å²) in [6.45, 7) is 1.47. The lowest BCUT2D eigenvalue weighted by Crippen LogP contribution is -2.15. The highest BCUT2D eigenvalue weighted by Crippen LogP contribution is 2.25. The van der Waals surface area contributed by atoms with Crippen LogP contribution in [0.4, 0.5) is 0 Å². The molecule has 0 aliphatic carbocycles. The van der Waals surface area contributed by atoms with Gasteiger partial charge in [-0.15, -0.1) is 0 Å². The molecule has 0 fully saturated rings. The van der Waals surface area contributed by atoms with E-state index < -0.39 is 5.97 Å². The second-order valence-corrected chi connectivity index (χ2v) is 4.83. The Kier molecular flexibility index (Phi) is 4.53. The van der Waals surface area contributed by atoms with E-state index in [-0.39, 0.29) is 5.69 Å². The van der Waals surface area contributed by atoms with Gasteiger partial charge in [0, 0.05) is 18.0 Å². The molecule has 0 saturated heterocycles. The summed E-state index contributed by atoms with van der Waals surface area (Å²) in [5.41, 5.74) is 0.640. The molecule has 20 heavy (non-hydrogen) atoms. The highest BCUT2D eigenvalue weighted by molar-refractivity contribution is 5.93. The van der Waals surface area contributed by atoms with Crippen LogP contribution in [0.3, 0.4) is 0 Å². The first-order valence-electron chi connectivity index (χ1n) is 6.48. The van der Waals surface area contributed by atoms with E-state index in [1.54, 1.807) is 6.07 Å². The van der Waals surface area contributed by atoms with Gasteiger partial charge in [-0.1, -0.05) is 12.1 Å². The molecule has 0 atom stereocenters. The SMILES string of the molecule is CN(C)CCCOc1cc(C(=O)O)nc2ccccc12. The van der Waals surface area contributed by atoms with Crippen LogP contribution < -0.4 is 4.74 Å². The van der Waals surface area contributed by atoms with Crippen molar-refractivity contribution in [3.05, 3.63) is 36.0 Å². The highest BCUT2D eigenvalue weighted by Gasteiger charge is 2.11. The third-order valence-electron chi connectivity index (χ3n) is 2.90. The summed E-state index contributed by atoms with van der Waals surface area (Å²) >= 11 is 0. The molecule has 0 aliphatic heterocycles. The van der Waals surface area contributed by atoms with Crippen molar-refractivity contribution in [2.24, 2.45) is 0 Å². The van der Waals surface area contributed by atoms with Gasteiger partial charge in [0.05, 0.1) is 12.1 Å². The fourth-order valence-electron chi connectivity index (χ4n) is 1.94. The van der Waals surface area contributed by atoms with Gasteiger partial charge < -0.3 is 14.7 Å². The van der Waals surface area contributed by atoms with E-state index in [9.17, 15) is 4.79 Å². The van der Waals surface area contributed by atoms with Gasteiger partial charge in [0.15, 0.2) is 5.69 Å². The number of hydrogen-bond donors (Lipinski definition) is 1. The number of hydrogen-bond acceptors (Lipinski definition) is 4. The molecule has 5 nitrogen and oxygen atoms in total. The summed E-state index contributed by atoms with van der Waals surface area (Å²) in [5, 5.41) is 9.92. The first-order chi connectivity index (χ1) is 9.58. The van der Waals surface area contributed by atoms with E-state index in [0.717, 1.165) is 18.4 Å². The number of nitrogens with zero attached hydrogens (tertiary/aromatic N) is 2. The number of para-hydroxylation sites is 1. The van der Waals surface area contributed by atoms with Gasteiger partial charge in [-0.25, -0.2) is 9.78 Å². The van der Waals surface area contributed by atoms with E-state index in [1.165, 1.54) is 6.07 Å². The third-order valence-corrected chi connectivity index (χ3v) is 2.90. The van der Waals surface area contributed by atoms with Crippen LogP contribution in [0.15, 0.2) is 30.3 Å². The predicted octanol–water partition coefficient (Wildman–Crippen LogP) is 2.26. The Bertz CT molecular complexity index is 611. The summed E-state index contributed by atoms with van der Waals surface area (Å²) in [6.07, 6.45) is 0.881. The maximum atomic E-state index is 11.1. The van der Waals surface area contributed by atoms with Crippen LogP contribution in [0, 0.1) is 0 Å². The Hall–Kier alpha value is -2.14. The van der Waals surface area contributed by atoms with Gasteiger partial charge in [0.25, 0.3) is 0 Å². The molecule has 0 spiro atoms. The third kappa shape index (κ3) is 3.45. The normalized spacial score (nSPS) is 10.9. The maximum absolute atomic E-state index is 11.1. The van der Waals surface area contributed by atoms with Crippen LogP contribution in [-0.2, 0) is 0 Å². The monoisotopic (exact) mass is 274 g/mol. The summed E-state index contributed by atoms with van der Waals surface area (Å²) in [6, 6.07) is 8.87. The average Bonchev–Trinajstić information content (AvgIpc) is 2.42. The Balaban J connectivity index is 2.23. The van der Waals surface area contributed by atoms with Crippen molar-refractivity contribution in [2.75, 3.05) is 27.2 Å². The number of ether oxygens (including phenoxy) is 1. The topological polar surface area (TPSA) is 62.7 Å². The van der Waals surface area contributed by atoms with Crippen molar-refractivity contribution in [3.63, 3.8) is 0 Å². The minimum absolute atomic E-state index is 0.00584. The summed E-state index contributed by atoms with van der Waals surface area (Å²) in [4.78, 5) is 17.3. The van der Waals surface area contributed by atoms with E-state index in [1.807, 2.05) is 32.3 Å². The molecule has 0 bridgehead atoms. The number of carboxylic acids is 1. The molecular formula is C15H18N2O3. The molecule has 1 heterocycles. The van der Waals surface area contributed by atoms with Crippen molar-refractivity contribution in [2.45, 2.75) is 6.42 Å². The van der Waals surface area contributed by atoms with Crippen LogP contribution in [0.1, 0.15) is 16.9 Å². The minimum atomic E-state index is -1.05. The Morgan fingerprint density at radius 3 is 2.80 bits per heavy atom. The first-order valence-corrected chi connectivity index (χ1v) is 6.48. The molecule has 5 heteroatoms. The number of aromatic carboxylic acids is 1. The molecule has 0 saturated carbocycles. The smallest absolute Gasteiger partial charge is 0.354 e. The molecule has 1 aromatic carbocycles. The maximum Gasteiger partial charge on any atom is 0.354 e. The number of benzene rings is 1. The number of rotatable bonds is 6. The van der Waals surface area contributed by atoms with Gasteiger partial charge in [0.1, 0.15) is 5.75 Å². The van der Waals surface area contributed by atoms with Crippen molar-refractivity contribution >= 4 is 16.9 Å². The standard InChI is InChI=1S/C15H18N2O3/c1-17(2)8-5-9-20-14-10-13(15(18)19)16-12-7-4-3-6-11(12)14/h3-4,6-7,10H,5,8-9H2,1-2H3,(H,18,19). The predicted molar refractivity (Wildman–Crippen MR) is 77.4 cm³/mol. The fraction of sp³-hybridized carbons (Fsp3) is 0.333. The highest BCUT2D eigenvalue weighted by atomic mass is 16.5. The van der Waals surface area contributed by atoms with Crippen LogP contribution in [0.2, 0.25) is 0 Å². The zero-order valence-electron chi connectivity index (χ0n) is 11.7. The van der Waals surface area contributed by atoms with E-state index in [0.29, 0.717) is 17.9 Å². The van der Waals surface area contributed by atoms with Crippen LogP contribution in [-0.4, -0.2) is 48.2 Å². The van der Waals surface area contributed by atoms with Crippen molar-refractivity contribution in [3.8, 4) is 5.75 Å². The van der Waals surface area contributed by atoms with Crippen LogP contribution >= 0.6 is 0 Å². The van der Waals surface area contributed by atoms with Crippen LogP contribution in [0.5, 0.6) is 5.75 Å². The number of carboxylic acid groups (broad SMARTS) is 1. The van der Waals surface area contributed by atoms with E-state index >= 15 is 0 Å². The minimum Gasteiger partial charge on any atom is -0.493 e. The number of aromatic nitrogens is 1. The molecule has 0 unspecified atom stereocenters. The lowest BCUT2D eigenvalue weighted by molar-refractivity contribution is 0.0690. The average molecular weight is 274 g/mol.